The third-order valence-corrected chi connectivity index (χ3v) is 4.25. The van der Waals surface area contributed by atoms with Gasteiger partial charge in [-0.25, -0.2) is 4.99 Å². The zero-order chi connectivity index (χ0) is 19.6. The van der Waals surface area contributed by atoms with Crippen molar-refractivity contribution in [3.05, 3.63) is 40.8 Å². The Hall–Kier alpha value is -1.97. The molecule has 0 radical (unpaired) electrons. The number of ether oxygens (including phenoxy) is 2. The second-order valence-electron chi connectivity index (χ2n) is 5.98. The van der Waals surface area contributed by atoms with Crippen molar-refractivity contribution in [2.75, 3.05) is 20.8 Å². The zero-order valence-electron chi connectivity index (χ0n) is 17.3. The van der Waals surface area contributed by atoms with Crippen molar-refractivity contribution in [1.29, 1.82) is 0 Å². The van der Waals surface area contributed by atoms with Crippen LogP contribution in [0.25, 0.3) is 0 Å². The van der Waals surface area contributed by atoms with Gasteiger partial charge in [0.25, 0.3) is 0 Å². The van der Waals surface area contributed by atoms with Gasteiger partial charge >= 0.3 is 0 Å². The van der Waals surface area contributed by atoms with E-state index in [1.165, 1.54) is 0 Å². The third-order valence-electron chi connectivity index (χ3n) is 4.25. The molecule has 0 aliphatic carbocycles. The number of nitrogens with zero attached hydrogens (tertiary/aromatic N) is 2. The molecular formula is C20H31IN4O3. The summed E-state index contributed by atoms with van der Waals surface area (Å²) in [5, 5.41) is 10.8. The fourth-order valence-electron chi connectivity index (χ4n) is 2.80. The SMILES string of the molecule is CCNC(=NCc1ccc(OC)c(OC)c1)NCc1c(CC)noc1CC.I. The van der Waals surface area contributed by atoms with E-state index in [0.717, 1.165) is 47.9 Å². The lowest BCUT2D eigenvalue weighted by atomic mass is 10.1. The molecule has 1 heterocycles. The summed E-state index contributed by atoms with van der Waals surface area (Å²) < 4.78 is 16.1. The minimum Gasteiger partial charge on any atom is -0.493 e. The second-order valence-corrected chi connectivity index (χ2v) is 5.98. The molecule has 0 bridgehead atoms. The van der Waals surface area contributed by atoms with E-state index in [-0.39, 0.29) is 24.0 Å². The smallest absolute Gasteiger partial charge is 0.191 e. The van der Waals surface area contributed by atoms with E-state index in [0.29, 0.717) is 24.6 Å². The number of aryl methyl sites for hydroxylation is 2. The molecule has 0 saturated heterocycles. The maximum absolute atomic E-state index is 5.43. The first-order valence-corrected chi connectivity index (χ1v) is 9.36. The molecule has 0 atom stereocenters. The molecule has 0 fully saturated rings. The highest BCUT2D eigenvalue weighted by Crippen LogP contribution is 2.27. The lowest BCUT2D eigenvalue weighted by Gasteiger charge is -2.12. The van der Waals surface area contributed by atoms with Gasteiger partial charge in [-0.05, 0) is 31.0 Å². The number of halogens is 1. The van der Waals surface area contributed by atoms with E-state index in [1.807, 2.05) is 25.1 Å². The first-order valence-electron chi connectivity index (χ1n) is 9.36. The fourth-order valence-corrected chi connectivity index (χ4v) is 2.80. The van der Waals surface area contributed by atoms with Crippen LogP contribution in [-0.2, 0) is 25.9 Å². The molecule has 156 valence electrons. The Morgan fingerprint density at radius 2 is 1.82 bits per heavy atom. The van der Waals surface area contributed by atoms with Crippen molar-refractivity contribution in [3.63, 3.8) is 0 Å². The lowest BCUT2D eigenvalue weighted by molar-refractivity contribution is 0.354. The number of rotatable bonds is 9. The van der Waals surface area contributed by atoms with Gasteiger partial charge in [-0.2, -0.15) is 0 Å². The molecule has 1 aromatic carbocycles. The summed E-state index contributed by atoms with van der Waals surface area (Å²) in [5.41, 5.74) is 3.16. The molecule has 0 aliphatic heterocycles. The number of methoxy groups -OCH3 is 2. The van der Waals surface area contributed by atoms with Crippen molar-refractivity contribution in [1.82, 2.24) is 15.8 Å². The predicted molar refractivity (Wildman–Crippen MR) is 122 cm³/mol. The van der Waals surface area contributed by atoms with Crippen LogP contribution < -0.4 is 20.1 Å². The molecule has 7 nitrogen and oxygen atoms in total. The second kappa shape index (κ2) is 12.5. The van der Waals surface area contributed by atoms with Crippen LogP contribution in [0.4, 0.5) is 0 Å². The molecular weight excluding hydrogens is 471 g/mol. The third kappa shape index (κ3) is 6.29. The Balaban J connectivity index is 0.00000392. The molecule has 0 spiro atoms. The minimum atomic E-state index is 0. The van der Waals surface area contributed by atoms with Gasteiger partial charge in [-0.15, -0.1) is 24.0 Å². The Morgan fingerprint density at radius 3 is 2.43 bits per heavy atom. The summed E-state index contributed by atoms with van der Waals surface area (Å²) in [6.45, 7) is 8.13. The maximum atomic E-state index is 5.43. The molecule has 0 amide bonds. The van der Waals surface area contributed by atoms with Gasteiger partial charge in [-0.3, -0.25) is 0 Å². The molecule has 2 rings (SSSR count). The van der Waals surface area contributed by atoms with Gasteiger partial charge < -0.3 is 24.6 Å². The first-order chi connectivity index (χ1) is 13.2. The molecule has 0 unspecified atom stereocenters. The topological polar surface area (TPSA) is 80.9 Å². The number of guanidine groups is 1. The van der Waals surface area contributed by atoms with E-state index < -0.39 is 0 Å². The number of aromatic nitrogens is 1. The quantitative estimate of drug-likeness (QED) is 0.309. The van der Waals surface area contributed by atoms with E-state index >= 15 is 0 Å². The van der Waals surface area contributed by atoms with Crippen molar-refractivity contribution < 1.29 is 14.0 Å². The van der Waals surface area contributed by atoms with Gasteiger partial charge in [0.2, 0.25) is 0 Å². The Bertz CT molecular complexity index is 740. The summed E-state index contributed by atoms with van der Waals surface area (Å²) >= 11 is 0. The molecule has 2 aromatic rings. The zero-order valence-corrected chi connectivity index (χ0v) is 19.6. The van der Waals surface area contributed by atoms with Crippen LogP contribution in [0.15, 0.2) is 27.7 Å². The molecule has 1 aromatic heterocycles. The minimum absolute atomic E-state index is 0. The lowest BCUT2D eigenvalue weighted by Crippen LogP contribution is -2.37. The van der Waals surface area contributed by atoms with Crippen molar-refractivity contribution in [3.8, 4) is 11.5 Å². The highest BCUT2D eigenvalue weighted by atomic mass is 127. The summed E-state index contributed by atoms with van der Waals surface area (Å²) in [6.07, 6.45) is 1.67. The van der Waals surface area contributed by atoms with Crippen LogP contribution in [-0.4, -0.2) is 31.9 Å². The first kappa shape index (κ1) is 24.1. The molecule has 0 saturated carbocycles. The number of aliphatic imine (C=N–C) groups is 1. The standard InChI is InChI=1S/C20H30N4O3.HI/c1-6-16-15(17(7-2)27-24-16)13-23-20(21-8-3)22-12-14-9-10-18(25-4)19(11-14)26-5;/h9-11H,6-8,12-13H2,1-5H3,(H2,21,22,23);1H. The molecule has 0 aliphatic rings. The van der Waals surface area contributed by atoms with E-state index in [2.05, 4.69) is 34.6 Å². The predicted octanol–water partition coefficient (Wildman–Crippen LogP) is 3.69. The molecule has 2 N–H and O–H groups in total. The van der Waals surface area contributed by atoms with Crippen LogP contribution in [0, 0.1) is 0 Å². The summed E-state index contributed by atoms with van der Waals surface area (Å²) in [6, 6.07) is 5.82. The van der Waals surface area contributed by atoms with Gasteiger partial charge in [0, 0.05) is 25.1 Å². The van der Waals surface area contributed by atoms with Gasteiger partial charge in [-0.1, -0.05) is 25.1 Å². The summed E-state index contributed by atoms with van der Waals surface area (Å²) in [5.74, 6) is 3.09. The number of hydrogen-bond donors (Lipinski definition) is 2. The summed E-state index contributed by atoms with van der Waals surface area (Å²) in [7, 11) is 3.26. The van der Waals surface area contributed by atoms with E-state index in [9.17, 15) is 0 Å². The average molecular weight is 502 g/mol. The fraction of sp³-hybridized carbons (Fsp3) is 0.500. The van der Waals surface area contributed by atoms with Gasteiger partial charge in [0.15, 0.2) is 17.5 Å². The van der Waals surface area contributed by atoms with Crippen LogP contribution in [0.3, 0.4) is 0 Å². The van der Waals surface area contributed by atoms with Gasteiger partial charge in [0.05, 0.1) is 26.5 Å². The van der Waals surface area contributed by atoms with E-state index in [4.69, 9.17) is 14.0 Å². The van der Waals surface area contributed by atoms with Crippen LogP contribution >= 0.6 is 24.0 Å². The largest absolute Gasteiger partial charge is 0.493 e. The Labute approximate surface area is 184 Å². The number of hydrogen-bond acceptors (Lipinski definition) is 5. The van der Waals surface area contributed by atoms with E-state index in [1.54, 1.807) is 14.2 Å². The van der Waals surface area contributed by atoms with Crippen molar-refractivity contribution in [2.24, 2.45) is 4.99 Å². The van der Waals surface area contributed by atoms with Crippen LogP contribution in [0.5, 0.6) is 11.5 Å². The van der Waals surface area contributed by atoms with Crippen molar-refractivity contribution in [2.45, 2.75) is 46.7 Å². The van der Waals surface area contributed by atoms with Crippen molar-refractivity contribution >= 4 is 29.9 Å². The highest BCUT2D eigenvalue weighted by Gasteiger charge is 2.13. The average Bonchev–Trinajstić information content (AvgIpc) is 3.11. The highest BCUT2D eigenvalue weighted by molar-refractivity contribution is 14.0. The Kier molecular flexibility index (Phi) is 10.7. The van der Waals surface area contributed by atoms with Crippen LogP contribution in [0.1, 0.15) is 43.4 Å². The normalized spacial score (nSPS) is 11.0. The number of benzene rings is 1. The summed E-state index contributed by atoms with van der Waals surface area (Å²) in [4.78, 5) is 4.67. The van der Waals surface area contributed by atoms with Gasteiger partial charge in [0.1, 0.15) is 5.76 Å². The maximum Gasteiger partial charge on any atom is 0.191 e. The Morgan fingerprint density at radius 1 is 1.07 bits per heavy atom. The number of nitrogens with one attached hydrogen (secondary N) is 2. The van der Waals surface area contributed by atoms with Crippen LogP contribution in [0.2, 0.25) is 0 Å². The molecule has 8 heteroatoms. The molecule has 28 heavy (non-hydrogen) atoms. The monoisotopic (exact) mass is 502 g/mol.